The van der Waals surface area contributed by atoms with Gasteiger partial charge in [-0.2, -0.15) is 0 Å². The summed E-state index contributed by atoms with van der Waals surface area (Å²) in [4.78, 5) is 9.99. The summed E-state index contributed by atoms with van der Waals surface area (Å²) in [5.41, 5.74) is 0.329. The molecule has 0 bridgehead atoms. The third-order valence-electron chi connectivity index (χ3n) is 1.21. The Balaban J connectivity index is 3.11. The molecule has 1 amide bonds. The summed E-state index contributed by atoms with van der Waals surface area (Å²) in [6.45, 7) is 0. The molecular weight excluding hydrogens is 248 g/mol. The summed E-state index contributed by atoms with van der Waals surface area (Å²) in [5, 5.41) is 2.51. The number of carbonyl (C=O) groups is 1. The van der Waals surface area contributed by atoms with E-state index in [9.17, 15) is 9.18 Å². The molecule has 1 aromatic rings. The lowest BCUT2D eigenvalue weighted by Gasteiger charge is -2.02. The molecule has 1 rings (SSSR count). The van der Waals surface area contributed by atoms with E-state index in [1.54, 1.807) is 0 Å². The molecule has 0 fully saturated rings. The van der Waals surface area contributed by atoms with Crippen molar-refractivity contribution < 1.29 is 9.18 Å². The lowest BCUT2D eigenvalue weighted by Crippen LogP contribution is -1.94. The first-order valence-electron chi connectivity index (χ1n) is 3.00. The zero-order valence-electron chi connectivity index (χ0n) is 5.77. The van der Waals surface area contributed by atoms with E-state index < -0.39 is 5.82 Å². The van der Waals surface area contributed by atoms with Gasteiger partial charge in [-0.15, -0.1) is 0 Å². The molecule has 1 N–H and O–H groups in total. The lowest BCUT2D eigenvalue weighted by molar-refractivity contribution is -0.105. The van der Waals surface area contributed by atoms with Gasteiger partial charge in [0.15, 0.2) is 0 Å². The summed E-state index contributed by atoms with van der Waals surface area (Å²) in [6, 6.07) is 2.62. The van der Waals surface area contributed by atoms with Crippen LogP contribution in [0.5, 0.6) is 0 Å². The molecule has 0 saturated heterocycles. The molecule has 5 heteroatoms. The molecule has 1 aromatic carbocycles. The second kappa shape index (κ2) is 3.87. The Morgan fingerprint density at radius 3 is 2.75 bits per heavy atom. The molecule has 0 radical (unpaired) electrons. The van der Waals surface area contributed by atoms with Gasteiger partial charge in [-0.05, 0) is 28.1 Å². The maximum atomic E-state index is 12.9. The van der Waals surface area contributed by atoms with Crippen LogP contribution in [0, 0.1) is 5.82 Å². The molecule has 0 aliphatic carbocycles. The predicted octanol–water partition coefficient (Wildman–Crippen LogP) is 2.81. The van der Waals surface area contributed by atoms with Crippen molar-refractivity contribution in [3.63, 3.8) is 0 Å². The van der Waals surface area contributed by atoms with E-state index in [-0.39, 0.29) is 9.50 Å². The third kappa shape index (κ3) is 1.95. The van der Waals surface area contributed by atoms with Gasteiger partial charge in [-0.1, -0.05) is 11.6 Å². The van der Waals surface area contributed by atoms with Gasteiger partial charge in [0.05, 0.1) is 9.50 Å². The lowest BCUT2D eigenvalue weighted by atomic mass is 10.3. The molecule has 0 unspecified atom stereocenters. The molecule has 0 aliphatic heterocycles. The molecule has 0 atom stereocenters. The van der Waals surface area contributed by atoms with E-state index in [0.29, 0.717) is 12.1 Å². The number of hydrogen-bond acceptors (Lipinski definition) is 1. The van der Waals surface area contributed by atoms with Gasteiger partial charge in [0.2, 0.25) is 6.41 Å². The summed E-state index contributed by atoms with van der Waals surface area (Å²) in [6.07, 6.45) is 0.457. The SMILES string of the molecule is O=CNc1cc(F)c(Br)c(Cl)c1. The van der Waals surface area contributed by atoms with Crippen LogP contribution in [0.15, 0.2) is 16.6 Å². The van der Waals surface area contributed by atoms with Crippen LogP contribution in [0.3, 0.4) is 0 Å². The highest BCUT2D eigenvalue weighted by Crippen LogP contribution is 2.28. The third-order valence-corrected chi connectivity index (χ3v) is 2.54. The van der Waals surface area contributed by atoms with Crippen LogP contribution in [-0.2, 0) is 4.79 Å². The Morgan fingerprint density at radius 2 is 2.25 bits per heavy atom. The first kappa shape index (κ1) is 9.48. The number of nitrogens with one attached hydrogen (secondary N) is 1. The van der Waals surface area contributed by atoms with Crippen LogP contribution < -0.4 is 5.32 Å². The zero-order valence-corrected chi connectivity index (χ0v) is 8.12. The number of rotatable bonds is 2. The number of carbonyl (C=O) groups excluding carboxylic acids is 1. The number of anilines is 1. The Hall–Kier alpha value is -0.610. The van der Waals surface area contributed by atoms with Gasteiger partial charge in [-0.25, -0.2) is 4.39 Å². The Morgan fingerprint density at radius 1 is 1.58 bits per heavy atom. The first-order valence-corrected chi connectivity index (χ1v) is 4.17. The summed E-state index contributed by atoms with van der Waals surface area (Å²) in [7, 11) is 0. The average Bonchev–Trinajstić information content (AvgIpc) is 2.01. The highest BCUT2D eigenvalue weighted by Gasteiger charge is 2.05. The van der Waals surface area contributed by atoms with Crippen molar-refractivity contribution in [2.75, 3.05) is 5.32 Å². The van der Waals surface area contributed by atoms with Crippen LogP contribution in [0.25, 0.3) is 0 Å². The van der Waals surface area contributed by atoms with Gasteiger partial charge < -0.3 is 5.32 Å². The van der Waals surface area contributed by atoms with E-state index in [2.05, 4.69) is 21.2 Å². The molecule has 2 nitrogen and oxygen atoms in total. The second-order valence-corrected chi connectivity index (χ2v) is 3.22. The van der Waals surface area contributed by atoms with Gasteiger partial charge >= 0.3 is 0 Å². The molecule has 0 spiro atoms. The summed E-state index contributed by atoms with van der Waals surface area (Å²) in [5.74, 6) is -0.508. The van der Waals surface area contributed by atoms with E-state index in [1.165, 1.54) is 12.1 Å². The Kier molecular flexibility index (Phi) is 3.05. The number of halogens is 3. The minimum atomic E-state index is -0.508. The predicted molar refractivity (Wildman–Crippen MR) is 48.8 cm³/mol. The topological polar surface area (TPSA) is 29.1 Å². The molecule has 0 aromatic heterocycles. The van der Waals surface area contributed by atoms with Crippen molar-refractivity contribution in [1.29, 1.82) is 0 Å². The van der Waals surface area contributed by atoms with Crippen LogP contribution in [0.1, 0.15) is 0 Å². The van der Waals surface area contributed by atoms with Crippen molar-refractivity contribution in [2.24, 2.45) is 0 Å². The molecule has 0 aliphatic rings. The standard InChI is InChI=1S/C7H4BrClFNO/c8-7-5(9)1-4(11-3-12)2-6(7)10/h1-3H,(H,11,12). The largest absolute Gasteiger partial charge is 0.329 e. The highest BCUT2D eigenvalue weighted by atomic mass is 79.9. The normalized spacial score (nSPS) is 9.58. The van der Waals surface area contributed by atoms with Crippen LogP contribution in [-0.4, -0.2) is 6.41 Å². The van der Waals surface area contributed by atoms with Crippen molar-refractivity contribution in [2.45, 2.75) is 0 Å². The number of benzene rings is 1. The summed E-state index contributed by atoms with van der Waals surface area (Å²) < 4.78 is 13.1. The quantitative estimate of drug-likeness (QED) is 0.636. The van der Waals surface area contributed by atoms with E-state index >= 15 is 0 Å². The fraction of sp³-hybridized carbons (Fsp3) is 0. The van der Waals surface area contributed by atoms with E-state index in [0.717, 1.165) is 0 Å². The molecule has 12 heavy (non-hydrogen) atoms. The first-order chi connectivity index (χ1) is 5.65. The summed E-state index contributed by atoms with van der Waals surface area (Å²) >= 11 is 8.55. The van der Waals surface area contributed by atoms with Gasteiger partial charge in [-0.3, -0.25) is 4.79 Å². The minimum absolute atomic E-state index is 0.195. The zero-order chi connectivity index (χ0) is 9.14. The van der Waals surface area contributed by atoms with Crippen LogP contribution in [0.2, 0.25) is 5.02 Å². The van der Waals surface area contributed by atoms with Gasteiger partial charge in [0, 0.05) is 5.69 Å². The highest BCUT2D eigenvalue weighted by molar-refractivity contribution is 9.10. The Labute approximate surface area is 81.8 Å². The van der Waals surface area contributed by atoms with Crippen molar-refractivity contribution >= 4 is 39.6 Å². The molecule has 64 valence electrons. The van der Waals surface area contributed by atoms with Gasteiger partial charge in [0.1, 0.15) is 5.82 Å². The van der Waals surface area contributed by atoms with E-state index in [4.69, 9.17) is 11.6 Å². The Bertz CT molecular complexity index is 295. The minimum Gasteiger partial charge on any atom is -0.329 e. The average molecular weight is 252 g/mol. The smallest absolute Gasteiger partial charge is 0.211 e. The van der Waals surface area contributed by atoms with Gasteiger partial charge in [0.25, 0.3) is 0 Å². The maximum Gasteiger partial charge on any atom is 0.211 e. The van der Waals surface area contributed by atoms with Crippen LogP contribution in [0.4, 0.5) is 10.1 Å². The molecular formula is C7H4BrClFNO. The van der Waals surface area contributed by atoms with Crippen molar-refractivity contribution in [3.8, 4) is 0 Å². The fourth-order valence-corrected chi connectivity index (χ4v) is 1.14. The monoisotopic (exact) mass is 251 g/mol. The fourth-order valence-electron chi connectivity index (χ4n) is 0.707. The number of hydrogen-bond donors (Lipinski definition) is 1. The van der Waals surface area contributed by atoms with Crippen LogP contribution >= 0.6 is 27.5 Å². The van der Waals surface area contributed by atoms with Crippen molar-refractivity contribution in [3.05, 3.63) is 27.4 Å². The van der Waals surface area contributed by atoms with E-state index in [1.807, 2.05) is 0 Å². The molecule has 0 saturated carbocycles. The molecule has 0 heterocycles. The second-order valence-electron chi connectivity index (χ2n) is 2.02. The maximum absolute atomic E-state index is 12.9. The number of amides is 1. The van der Waals surface area contributed by atoms with Crippen molar-refractivity contribution in [1.82, 2.24) is 0 Å².